The van der Waals surface area contributed by atoms with Gasteiger partial charge >= 0.3 is 0 Å². The van der Waals surface area contributed by atoms with E-state index in [0.717, 1.165) is 22.4 Å². The van der Waals surface area contributed by atoms with Crippen molar-refractivity contribution in [3.63, 3.8) is 0 Å². The summed E-state index contributed by atoms with van der Waals surface area (Å²) in [6.07, 6.45) is 7.16. The summed E-state index contributed by atoms with van der Waals surface area (Å²) < 4.78 is 7.50. The Morgan fingerprint density at radius 1 is 1.14 bits per heavy atom. The highest BCUT2D eigenvalue weighted by Gasteiger charge is 2.04. The van der Waals surface area contributed by atoms with Crippen molar-refractivity contribution in [2.45, 2.75) is 0 Å². The van der Waals surface area contributed by atoms with Gasteiger partial charge in [0.05, 0.1) is 17.5 Å². The molecule has 0 N–H and O–H groups in total. The second-order valence-corrected chi connectivity index (χ2v) is 4.79. The number of rotatable bonds is 2. The van der Waals surface area contributed by atoms with Gasteiger partial charge in [-0.25, -0.2) is 9.97 Å². The third-order valence-corrected chi connectivity index (χ3v) is 3.37. The Balaban J connectivity index is 1.74. The minimum absolute atomic E-state index is 0.535. The first-order chi connectivity index (χ1) is 10.8. The zero-order valence-corrected chi connectivity index (χ0v) is 11.5. The molecule has 0 amide bonds. The summed E-state index contributed by atoms with van der Waals surface area (Å²) in [5.74, 6) is 0.535. The number of benzene rings is 1. The van der Waals surface area contributed by atoms with Gasteiger partial charge in [0.15, 0.2) is 5.58 Å². The van der Waals surface area contributed by atoms with Crippen LogP contribution in [0.5, 0.6) is 0 Å². The SMILES string of the molecule is N#Cc1ccc2ncc(C=Cc3nc4ccccc4o3)n2c1. The first-order valence-corrected chi connectivity index (χ1v) is 6.74. The number of imidazole rings is 1. The van der Waals surface area contributed by atoms with E-state index in [1.807, 2.05) is 40.8 Å². The summed E-state index contributed by atoms with van der Waals surface area (Å²) in [5.41, 5.74) is 3.81. The molecule has 3 aromatic heterocycles. The van der Waals surface area contributed by atoms with Crippen LogP contribution in [0.1, 0.15) is 17.1 Å². The highest BCUT2D eigenvalue weighted by Crippen LogP contribution is 2.17. The average molecular weight is 286 g/mol. The molecule has 0 spiro atoms. The van der Waals surface area contributed by atoms with Gasteiger partial charge in [-0.2, -0.15) is 5.26 Å². The van der Waals surface area contributed by atoms with Crippen molar-refractivity contribution in [1.29, 1.82) is 5.26 Å². The molecule has 5 nitrogen and oxygen atoms in total. The molecule has 4 aromatic rings. The Labute approximate surface area is 125 Å². The Morgan fingerprint density at radius 2 is 2.05 bits per heavy atom. The summed E-state index contributed by atoms with van der Waals surface area (Å²) in [6.45, 7) is 0. The van der Waals surface area contributed by atoms with Crippen molar-refractivity contribution in [2.24, 2.45) is 0 Å². The van der Waals surface area contributed by atoms with Crippen molar-refractivity contribution in [1.82, 2.24) is 14.4 Å². The highest BCUT2D eigenvalue weighted by atomic mass is 16.3. The molecule has 0 aliphatic carbocycles. The first kappa shape index (κ1) is 12.4. The lowest BCUT2D eigenvalue weighted by atomic mass is 10.3. The lowest BCUT2D eigenvalue weighted by molar-refractivity contribution is 0.589. The van der Waals surface area contributed by atoms with Crippen LogP contribution in [0.3, 0.4) is 0 Å². The first-order valence-electron chi connectivity index (χ1n) is 6.74. The minimum atomic E-state index is 0.535. The fourth-order valence-electron chi connectivity index (χ4n) is 2.31. The standard InChI is InChI=1S/C17H10N4O/c18-9-12-5-7-16-19-10-13(21(16)11-12)6-8-17-20-14-3-1-2-4-15(14)22-17/h1-8,10-11H. The summed E-state index contributed by atoms with van der Waals surface area (Å²) in [5, 5.41) is 8.99. The van der Waals surface area contributed by atoms with E-state index in [1.54, 1.807) is 24.5 Å². The predicted octanol–water partition coefficient (Wildman–Crippen LogP) is 3.52. The van der Waals surface area contributed by atoms with Gasteiger partial charge in [-0.3, -0.25) is 4.40 Å². The number of nitrogens with zero attached hydrogens (tertiary/aromatic N) is 4. The lowest BCUT2D eigenvalue weighted by Crippen LogP contribution is -1.88. The Kier molecular flexibility index (Phi) is 2.73. The van der Waals surface area contributed by atoms with E-state index in [4.69, 9.17) is 9.68 Å². The van der Waals surface area contributed by atoms with Crippen molar-refractivity contribution >= 4 is 28.9 Å². The molecule has 0 aliphatic heterocycles. The molecule has 0 atom stereocenters. The predicted molar refractivity (Wildman–Crippen MR) is 82.8 cm³/mol. The molecule has 3 heterocycles. The van der Waals surface area contributed by atoms with Gasteiger partial charge in [0.1, 0.15) is 17.2 Å². The van der Waals surface area contributed by atoms with Gasteiger partial charge in [0.2, 0.25) is 5.89 Å². The number of oxazole rings is 1. The number of aromatic nitrogens is 3. The molecule has 0 unspecified atom stereocenters. The van der Waals surface area contributed by atoms with Crippen LogP contribution in [0, 0.1) is 11.3 Å². The maximum absolute atomic E-state index is 8.99. The lowest BCUT2D eigenvalue weighted by Gasteiger charge is -1.96. The van der Waals surface area contributed by atoms with Crippen LogP contribution >= 0.6 is 0 Å². The van der Waals surface area contributed by atoms with E-state index in [2.05, 4.69) is 16.0 Å². The fourth-order valence-corrected chi connectivity index (χ4v) is 2.31. The van der Waals surface area contributed by atoms with Gasteiger partial charge in [0, 0.05) is 12.3 Å². The van der Waals surface area contributed by atoms with E-state index in [-0.39, 0.29) is 0 Å². The number of fused-ring (bicyclic) bond motifs is 2. The second-order valence-electron chi connectivity index (χ2n) is 4.79. The van der Waals surface area contributed by atoms with Crippen molar-refractivity contribution < 1.29 is 4.42 Å². The average Bonchev–Trinajstić information content (AvgIpc) is 3.15. The monoisotopic (exact) mass is 286 g/mol. The molecule has 4 rings (SSSR count). The topological polar surface area (TPSA) is 67.1 Å². The molecule has 104 valence electrons. The number of para-hydroxylation sites is 2. The Morgan fingerprint density at radius 3 is 2.91 bits per heavy atom. The normalized spacial score (nSPS) is 11.4. The molecule has 0 aliphatic rings. The molecule has 0 radical (unpaired) electrons. The third-order valence-electron chi connectivity index (χ3n) is 3.37. The Bertz CT molecular complexity index is 1020. The molecule has 0 bridgehead atoms. The van der Waals surface area contributed by atoms with Gasteiger partial charge in [-0.15, -0.1) is 0 Å². The molecule has 0 fully saturated rings. The van der Waals surface area contributed by atoms with Crippen LogP contribution in [0.15, 0.2) is 53.2 Å². The van der Waals surface area contributed by atoms with Crippen molar-refractivity contribution in [2.75, 3.05) is 0 Å². The van der Waals surface area contributed by atoms with E-state index in [1.165, 1.54) is 0 Å². The maximum Gasteiger partial charge on any atom is 0.220 e. The van der Waals surface area contributed by atoms with Crippen molar-refractivity contribution in [3.8, 4) is 6.07 Å². The van der Waals surface area contributed by atoms with E-state index < -0.39 is 0 Å². The maximum atomic E-state index is 8.99. The molecule has 1 aromatic carbocycles. The second kappa shape index (κ2) is 4.86. The highest BCUT2D eigenvalue weighted by molar-refractivity contribution is 5.75. The molecule has 0 saturated carbocycles. The summed E-state index contributed by atoms with van der Waals surface area (Å²) >= 11 is 0. The van der Waals surface area contributed by atoms with Crippen molar-refractivity contribution in [3.05, 3.63) is 65.9 Å². The van der Waals surface area contributed by atoms with Crippen LogP contribution in [0.25, 0.3) is 28.9 Å². The number of pyridine rings is 1. The Hall–Kier alpha value is -3.39. The number of nitriles is 1. The molecule has 22 heavy (non-hydrogen) atoms. The quantitative estimate of drug-likeness (QED) is 0.565. The van der Waals surface area contributed by atoms with E-state index in [0.29, 0.717) is 11.5 Å². The molecule has 5 heteroatoms. The van der Waals surface area contributed by atoms with Crippen LogP contribution < -0.4 is 0 Å². The largest absolute Gasteiger partial charge is 0.437 e. The van der Waals surface area contributed by atoms with Crippen LogP contribution in [0.4, 0.5) is 0 Å². The number of hydrogen-bond donors (Lipinski definition) is 0. The molecular weight excluding hydrogens is 276 g/mol. The number of hydrogen-bond acceptors (Lipinski definition) is 4. The molecular formula is C17H10N4O. The third kappa shape index (κ3) is 2.03. The molecule has 0 saturated heterocycles. The smallest absolute Gasteiger partial charge is 0.220 e. The van der Waals surface area contributed by atoms with Crippen LogP contribution in [-0.2, 0) is 0 Å². The van der Waals surface area contributed by atoms with Gasteiger partial charge in [0.25, 0.3) is 0 Å². The van der Waals surface area contributed by atoms with Crippen LogP contribution in [0.2, 0.25) is 0 Å². The summed E-state index contributed by atoms with van der Waals surface area (Å²) in [4.78, 5) is 8.69. The van der Waals surface area contributed by atoms with Gasteiger partial charge < -0.3 is 4.42 Å². The van der Waals surface area contributed by atoms with E-state index >= 15 is 0 Å². The van der Waals surface area contributed by atoms with Crippen LogP contribution in [-0.4, -0.2) is 14.4 Å². The fraction of sp³-hybridized carbons (Fsp3) is 0. The van der Waals surface area contributed by atoms with Gasteiger partial charge in [-0.05, 0) is 30.3 Å². The summed E-state index contributed by atoms with van der Waals surface area (Å²) in [6, 6.07) is 13.3. The zero-order chi connectivity index (χ0) is 14.9. The summed E-state index contributed by atoms with van der Waals surface area (Å²) in [7, 11) is 0. The zero-order valence-electron chi connectivity index (χ0n) is 11.5. The van der Waals surface area contributed by atoms with E-state index in [9.17, 15) is 0 Å². The minimum Gasteiger partial charge on any atom is -0.437 e. The van der Waals surface area contributed by atoms with Gasteiger partial charge in [-0.1, -0.05) is 12.1 Å².